The van der Waals surface area contributed by atoms with Crippen molar-refractivity contribution in [2.45, 2.75) is 37.8 Å². The average molecular weight is 383 g/mol. The zero-order valence-corrected chi connectivity index (χ0v) is 15.9. The van der Waals surface area contributed by atoms with Crippen LogP contribution in [-0.4, -0.2) is 45.3 Å². The van der Waals surface area contributed by atoms with Crippen molar-refractivity contribution in [2.75, 3.05) is 7.11 Å². The number of hydrogen-bond acceptors (Lipinski definition) is 6. The predicted molar refractivity (Wildman–Crippen MR) is 106 cm³/mol. The molecule has 0 bridgehead atoms. The van der Waals surface area contributed by atoms with E-state index in [2.05, 4.69) is 32.4 Å². The van der Waals surface area contributed by atoms with Crippen LogP contribution in [0.4, 0.5) is 0 Å². The summed E-state index contributed by atoms with van der Waals surface area (Å²) in [5.41, 5.74) is 0.504. The molecule has 0 unspecified atom stereocenters. The number of nitrogens with zero attached hydrogens (tertiary/aromatic N) is 4. The van der Waals surface area contributed by atoms with E-state index in [1.165, 1.54) is 10.9 Å². The zero-order valence-electron chi connectivity index (χ0n) is 15.1. The van der Waals surface area contributed by atoms with Gasteiger partial charge in [0.25, 0.3) is 0 Å². The Kier molecular flexibility index (Phi) is 6.52. The molecule has 1 saturated carbocycles. The number of methoxy groups -OCH3 is 1. The van der Waals surface area contributed by atoms with Crippen LogP contribution in [0.1, 0.15) is 37.1 Å². The van der Waals surface area contributed by atoms with E-state index >= 15 is 0 Å². The van der Waals surface area contributed by atoms with Gasteiger partial charge in [-0.25, -0.2) is 4.98 Å². The van der Waals surface area contributed by atoms with Crippen LogP contribution in [-0.2, 0) is 0 Å². The van der Waals surface area contributed by atoms with E-state index in [9.17, 15) is 0 Å². The predicted octanol–water partition coefficient (Wildman–Crippen LogP) is 2.37. The highest BCUT2D eigenvalue weighted by atomic mass is 32.1. The lowest BCUT2D eigenvalue weighted by Crippen LogP contribution is -2.40. The maximum Gasteiger partial charge on any atom is 0.202 e. The van der Waals surface area contributed by atoms with Gasteiger partial charge in [-0.1, -0.05) is 0 Å². The Balaban J connectivity index is 1.55. The van der Waals surface area contributed by atoms with Gasteiger partial charge in [0.05, 0.1) is 25.0 Å². The number of ether oxygens (including phenoxy) is 2. The molecule has 0 saturated heterocycles. The van der Waals surface area contributed by atoms with Crippen LogP contribution >= 0.6 is 10.9 Å². The van der Waals surface area contributed by atoms with Gasteiger partial charge in [0.1, 0.15) is 22.6 Å². The number of nitrogens with one attached hydrogen (secondary N) is 1. The van der Waals surface area contributed by atoms with Crippen molar-refractivity contribution in [3.05, 3.63) is 42.0 Å². The number of aromatic nitrogens is 3. The second kappa shape index (κ2) is 9.26. The highest BCUT2D eigenvalue weighted by Gasteiger charge is 2.24. The van der Waals surface area contributed by atoms with Crippen molar-refractivity contribution in [3.63, 3.8) is 0 Å². The van der Waals surface area contributed by atoms with E-state index in [0.717, 1.165) is 36.4 Å². The molecule has 0 aliphatic heterocycles. The van der Waals surface area contributed by atoms with E-state index in [-0.39, 0.29) is 6.10 Å². The van der Waals surface area contributed by atoms with Gasteiger partial charge in [0.15, 0.2) is 0 Å². The van der Waals surface area contributed by atoms with E-state index < -0.39 is 0 Å². The molecule has 1 aliphatic carbocycles. The summed E-state index contributed by atoms with van der Waals surface area (Å²) < 4.78 is 11.3. The summed E-state index contributed by atoms with van der Waals surface area (Å²) in [5.74, 6) is 5.71. The maximum absolute atomic E-state index is 9.07. The molecule has 0 spiro atoms. The third kappa shape index (κ3) is 4.90. The van der Waals surface area contributed by atoms with Gasteiger partial charge < -0.3 is 9.47 Å². The van der Waals surface area contributed by atoms with Crippen LogP contribution in [0.3, 0.4) is 0 Å². The second-order valence-electron chi connectivity index (χ2n) is 6.15. The summed E-state index contributed by atoms with van der Waals surface area (Å²) in [6.07, 6.45) is 7.13. The Morgan fingerprint density at radius 2 is 2.11 bits per heavy atom. The molecular weight excluding hydrogens is 362 g/mol. The van der Waals surface area contributed by atoms with Crippen LogP contribution in [0.25, 0.3) is 0 Å². The number of hydrogen-bond donors (Lipinski definition) is 1. The van der Waals surface area contributed by atoms with Crippen molar-refractivity contribution >= 4 is 21.8 Å². The first-order valence-electron chi connectivity index (χ1n) is 8.68. The van der Waals surface area contributed by atoms with Crippen LogP contribution in [0, 0.1) is 11.3 Å². The van der Waals surface area contributed by atoms with Gasteiger partial charge in [0, 0.05) is 18.3 Å². The summed E-state index contributed by atoms with van der Waals surface area (Å²) in [6.45, 7) is 0. The highest BCUT2D eigenvalue weighted by Crippen LogP contribution is 2.28. The molecule has 3 rings (SSSR count). The van der Waals surface area contributed by atoms with Crippen molar-refractivity contribution in [1.82, 2.24) is 20.5 Å². The molecule has 7 nitrogen and oxygen atoms in total. The molecule has 0 atom stereocenters. The minimum atomic E-state index is 0.145. The lowest BCUT2D eigenvalue weighted by atomic mass is 9.93. The molecule has 1 fully saturated rings. The minimum Gasteiger partial charge on any atom is -0.495 e. The van der Waals surface area contributed by atoms with E-state index in [1.807, 2.05) is 6.07 Å². The fraction of sp³-hybridized carbons (Fsp3) is 0.368. The molecule has 0 amide bonds. The molecule has 27 heavy (non-hydrogen) atoms. The first-order chi connectivity index (χ1) is 13.2. The van der Waals surface area contributed by atoms with E-state index in [4.69, 9.17) is 14.7 Å². The largest absolute Gasteiger partial charge is 0.495 e. The molecule has 1 aliphatic rings. The van der Waals surface area contributed by atoms with Crippen molar-refractivity contribution in [1.29, 1.82) is 5.26 Å². The lowest BCUT2D eigenvalue weighted by Gasteiger charge is -2.29. The molecule has 1 aromatic heterocycles. The van der Waals surface area contributed by atoms with Crippen molar-refractivity contribution in [3.8, 4) is 17.6 Å². The number of nitriles is 1. The Bertz CT molecular complexity index is 869. The Labute approximate surface area is 161 Å². The number of benzene rings is 1. The van der Waals surface area contributed by atoms with Gasteiger partial charge in [-0.3, -0.25) is 5.32 Å². The summed E-state index contributed by atoms with van der Waals surface area (Å²) in [4.78, 5) is 5.06. The van der Waals surface area contributed by atoms with Crippen LogP contribution in [0.15, 0.2) is 30.6 Å². The van der Waals surface area contributed by atoms with E-state index in [1.54, 1.807) is 31.6 Å². The SMILES string of the molecule is C=S=C(NC1CCC(Oc2ccc(C#N)c(OC)c2)CC1)c1nccnn1. The molecule has 1 heterocycles. The molecule has 140 valence electrons. The van der Waals surface area contributed by atoms with E-state index in [0.29, 0.717) is 23.2 Å². The fourth-order valence-corrected chi connectivity index (χ4v) is 3.54. The Morgan fingerprint density at radius 1 is 1.30 bits per heavy atom. The third-order valence-corrected chi connectivity index (χ3v) is 5.02. The molecule has 0 radical (unpaired) electrons. The quantitative estimate of drug-likeness (QED) is 0.792. The van der Waals surface area contributed by atoms with Crippen LogP contribution < -0.4 is 14.8 Å². The van der Waals surface area contributed by atoms with Gasteiger partial charge in [-0.05, 0) is 43.7 Å². The van der Waals surface area contributed by atoms with Gasteiger partial charge in [-0.15, -0.1) is 16.0 Å². The third-order valence-electron chi connectivity index (χ3n) is 4.44. The summed E-state index contributed by atoms with van der Waals surface area (Å²) in [5, 5.41) is 20.4. The Hall–Kier alpha value is -2.76. The first kappa shape index (κ1) is 19.0. The normalized spacial score (nSPS) is 19.0. The fourth-order valence-electron chi connectivity index (χ4n) is 3.06. The number of rotatable bonds is 5. The van der Waals surface area contributed by atoms with Crippen molar-refractivity contribution in [2.24, 2.45) is 0 Å². The second-order valence-corrected chi connectivity index (χ2v) is 6.85. The topological polar surface area (TPSA) is 93.0 Å². The monoisotopic (exact) mass is 383 g/mol. The molecular formula is C19H21N5O2S. The van der Waals surface area contributed by atoms with Crippen molar-refractivity contribution < 1.29 is 9.47 Å². The smallest absolute Gasteiger partial charge is 0.202 e. The molecule has 1 aromatic carbocycles. The summed E-state index contributed by atoms with van der Waals surface area (Å²) >= 11 is 0. The summed E-state index contributed by atoms with van der Waals surface area (Å²) in [6, 6.07) is 7.75. The van der Waals surface area contributed by atoms with Crippen LogP contribution in [0.5, 0.6) is 11.5 Å². The standard InChI is InChI=1S/C19H21N5O2S/c1-25-17-11-16(6-3-13(17)12-20)26-15-7-4-14(5-8-15)23-19(27-2)18-21-9-10-22-24-18/h3,6,9-11,14-15,23H,2,4-5,7-8H2,1H3. The Morgan fingerprint density at radius 3 is 2.74 bits per heavy atom. The minimum absolute atomic E-state index is 0.145. The van der Waals surface area contributed by atoms with Gasteiger partial charge in [-0.2, -0.15) is 10.4 Å². The van der Waals surface area contributed by atoms with Gasteiger partial charge in [0.2, 0.25) is 5.82 Å². The average Bonchev–Trinajstić information content (AvgIpc) is 2.73. The van der Waals surface area contributed by atoms with Gasteiger partial charge >= 0.3 is 0 Å². The van der Waals surface area contributed by atoms with Crippen LogP contribution in [0.2, 0.25) is 0 Å². The summed E-state index contributed by atoms with van der Waals surface area (Å²) in [7, 11) is 2.90. The molecule has 1 N–H and O–H groups in total. The maximum atomic E-state index is 9.07. The molecule has 8 heteroatoms. The highest BCUT2D eigenvalue weighted by molar-refractivity contribution is 7.96. The zero-order chi connectivity index (χ0) is 19.1. The first-order valence-corrected chi connectivity index (χ1v) is 9.66. The molecule has 2 aromatic rings. The lowest BCUT2D eigenvalue weighted by molar-refractivity contribution is 0.143.